The number of aryl methyl sites for hydroxylation is 2. The van der Waals surface area contributed by atoms with Crippen molar-refractivity contribution in [2.45, 2.75) is 66.2 Å². The molecule has 1 nitrogen and oxygen atoms in total. The molecule has 152 valence electrons. The van der Waals surface area contributed by atoms with Gasteiger partial charge in [-0.2, -0.15) is 0 Å². The summed E-state index contributed by atoms with van der Waals surface area (Å²) in [6, 6.07) is 19.1. The highest BCUT2D eigenvalue weighted by atomic mass is 16.3. The third kappa shape index (κ3) is 4.56. The summed E-state index contributed by atoms with van der Waals surface area (Å²) in [7, 11) is 0. The van der Waals surface area contributed by atoms with Gasteiger partial charge in [-0.3, -0.25) is 0 Å². The van der Waals surface area contributed by atoms with Gasteiger partial charge in [-0.15, -0.1) is 0 Å². The largest absolute Gasteiger partial charge is 0.508 e. The van der Waals surface area contributed by atoms with Gasteiger partial charge in [0.05, 0.1) is 0 Å². The lowest BCUT2D eigenvalue weighted by atomic mass is 9.82. The molecule has 0 bridgehead atoms. The molecular weight excluding hydrogens is 352 g/mol. The fourth-order valence-electron chi connectivity index (χ4n) is 4.47. The van der Waals surface area contributed by atoms with Gasteiger partial charge in [-0.05, 0) is 97.4 Å². The fraction of sp³-hybridized carbons (Fsp3) is 0.357. The number of phenols is 1. The van der Waals surface area contributed by atoms with E-state index in [-0.39, 0.29) is 5.92 Å². The number of benzene rings is 3. The Morgan fingerprint density at radius 3 is 1.69 bits per heavy atom. The Labute approximate surface area is 176 Å². The second kappa shape index (κ2) is 8.86. The Balaban J connectivity index is 1.92. The van der Waals surface area contributed by atoms with Gasteiger partial charge in [0, 0.05) is 5.56 Å². The van der Waals surface area contributed by atoms with E-state index in [1.54, 1.807) is 0 Å². The summed E-state index contributed by atoms with van der Waals surface area (Å²) in [5.41, 5.74) is 10.5. The van der Waals surface area contributed by atoms with Crippen LogP contribution in [0.2, 0.25) is 0 Å². The minimum absolute atomic E-state index is 0.257. The molecule has 1 N–H and O–H groups in total. The molecule has 0 saturated carbocycles. The first-order valence-electron chi connectivity index (χ1n) is 10.7. The van der Waals surface area contributed by atoms with Crippen LogP contribution in [0.4, 0.5) is 0 Å². The van der Waals surface area contributed by atoms with Gasteiger partial charge in [-0.25, -0.2) is 0 Å². The van der Waals surface area contributed by atoms with Gasteiger partial charge in [0.15, 0.2) is 0 Å². The zero-order valence-electron chi connectivity index (χ0n) is 18.7. The SMILES string of the molecule is Cc1cccc(CC(C)c2cccc(O)c2C(C)Cc2cccc(C)c2C)c1C. The molecule has 3 rings (SSSR count). The molecule has 0 heterocycles. The smallest absolute Gasteiger partial charge is 0.119 e. The summed E-state index contributed by atoms with van der Waals surface area (Å²) in [5, 5.41) is 10.8. The predicted molar refractivity (Wildman–Crippen MR) is 124 cm³/mol. The molecule has 0 radical (unpaired) electrons. The van der Waals surface area contributed by atoms with Crippen molar-refractivity contribution in [2.75, 3.05) is 0 Å². The molecule has 2 unspecified atom stereocenters. The molecule has 0 aliphatic carbocycles. The minimum Gasteiger partial charge on any atom is -0.508 e. The Hall–Kier alpha value is -2.54. The Kier molecular flexibility index (Phi) is 6.47. The molecular formula is C28H34O. The van der Waals surface area contributed by atoms with Crippen molar-refractivity contribution >= 4 is 0 Å². The van der Waals surface area contributed by atoms with E-state index >= 15 is 0 Å². The number of hydrogen-bond donors (Lipinski definition) is 1. The zero-order valence-corrected chi connectivity index (χ0v) is 18.7. The highest BCUT2D eigenvalue weighted by Gasteiger charge is 2.21. The molecule has 3 aromatic carbocycles. The summed E-state index contributed by atoms with van der Waals surface area (Å²) < 4.78 is 0. The minimum atomic E-state index is 0.257. The van der Waals surface area contributed by atoms with Crippen molar-refractivity contribution in [3.8, 4) is 5.75 Å². The first kappa shape index (κ1) is 21.2. The summed E-state index contributed by atoms with van der Waals surface area (Å²) in [5.74, 6) is 1.03. The van der Waals surface area contributed by atoms with Crippen LogP contribution in [-0.2, 0) is 12.8 Å². The maximum Gasteiger partial charge on any atom is 0.119 e. The van der Waals surface area contributed by atoms with Crippen LogP contribution in [0.1, 0.15) is 70.2 Å². The topological polar surface area (TPSA) is 20.2 Å². The van der Waals surface area contributed by atoms with Gasteiger partial charge in [0.2, 0.25) is 0 Å². The Morgan fingerprint density at radius 2 is 1.14 bits per heavy atom. The van der Waals surface area contributed by atoms with Crippen LogP contribution >= 0.6 is 0 Å². The first-order valence-corrected chi connectivity index (χ1v) is 10.7. The summed E-state index contributed by atoms with van der Waals surface area (Å²) in [6.07, 6.45) is 1.93. The van der Waals surface area contributed by atoms with E-state index in [1.807, 2.05) is 12.1 Å². The van der Waals surface area contributed by atoms with E-state index in [0.717, 1.165) is 18.4 Å². The van der Waals surface area contributed by atoms with Crippen molar-refractivity contribution in [1.29, 1.82) is 0 Å². The van der Waals surface area contributed by atoms with E-state index in [0.29, 0.717) is 11.7 Å². The summed E-state index contributed by atoms with van der Waals surface area (Å²) >= 11 is 0. The van der Waals surface area contributed by atoms with Crippen LogP contribution < -0.4 is 0 Å². The standard InChI is InChI=1S/C28H34O/c1-18-10-7-12-24(22(18)5)16-20(3)26-14-9-15-27(29)28(26)21(4)17-25-13-8-11-19(2)23(25)6/h7-15,20-21,29H,16-17H2,1-6H3. The van der Waals surface area contributed by atoms with Gasteiger partial charge in [-0.1, -0.05) is 62.4 Å². The molecule has 0 amide bonds. The molecule has 2 atom stereocenters. The molecule has 0 saturated heterocycles. The van der Waals surface area contributed by atoms with Gasteiger partial charge in [0.1, 0.15) is 5.75 Å². The molecule has 0 fully saturated rings. The highest BCUT2D eigenvalue weighted by Crippen LogP contribution is 2.37. The Morgan fingerprint density at radius 1 is 0.655 bits per heavy atom. The van der Waals surface area contributed by atoms with Gasteiger partial charge >= 0.3 is 0 Å². The maximum atomic E-state index is 10.8. The second-order valence-corrected chi connectivity index (χ2v) is 8.71. The molecule has 1 heteroatoms. The van der Waals surface area contributed by atoms with Gasteiger partial charge < -0.3 is 5.11 Å². The number of phenolic OH excluding ortho intramolecular Hbond substituents is 1. The Bertz CT molecular complexity index is 999. The van der Waals surface area contributed by atoms with E-state index in [1.165, 1.54) is 38.9 Å². The third-order valence-corrected chi connectivity index (χ3v) is 6.63. The predicted octanol–water partition coefficient (Wildman–Crippen LogP) is 7.32. The van der Waals surface area contributed by atoms with Crippen LogP contribution in [0.5, 0.6) is 5.75 Å². The van der Waals surface area contributed by atoms with Crippen LogP contribution in [0.15, 0.2) is 54.6 Å². The van der Waals surface area contributed by atoms with Crippen molar-refractivity contribution in [1.82, 2.24) is 0 Å². The van der Waals surface area contributed by atoms with Crippen LogP contribution in [0, 0.1) is 27.7 Å². The van der Waals surface area contributed by atoms with Crippen molar-refractivity contribution < 1.29 is 5.11 Å². The second-order valence-electron chi connectivity index (χ2n) is 8.71. The van der Waals surface area contributed by atoms with E-state index in [9.17, 15) is 5.11 Å². The highest BCUT2D eigenvalue weighted by molar-refractivity contribution is 5.46. The first-order chi connectivity index (χ1) is 13.8. The molecule has 0 aliphatic rings. The average Bonchev–Trinajstić information content (AvgIpc) is 2.68. The normalized spacial score (nSPS) is 13.3. The molecule has 0 aromatic heterocycles. The quantitative estimate of drug-likeness (QED) is 0.470. The van der Waals surface area contributed by atoms with Gasteiger partial charge in [0.25, 0.3) is 0 Å². The van der Waals surface area contributed by atoms with Crippen LogP contribution in [0.25, 0.3) is 0 Å². The third-order valence-electron chi connectivity index (χ3n) is 6.63. The molecule has 3 aromatic rings. The molecule has 0 aliphatic heterocycles. The van der Waals surface area contributed by atoms with E-state index in [2.05, 4.69) is 84.0 Å². The van der Waals surface area contributed by atoms with Crippen molar-refractivity contribution in [3.05, 3.63) is 99.1 Å². The average molecular weight is 387 g/mol. The van der Waals surface area contributed by atoms with E-state index < -0.39 is 0 Å². The lowest BCUT2D eigenvalue weighted by Gasteiger charge is -2.23. The van der Waals surface area contributed by atoms with Crippen molar-refractivity contribution in [3.63, 3.8) is 0 Å². The molecule has 0 spiro atoms. The molecule has 29 heavy (non-hydrogen) atoms. The van der Waals surface area contributed by atoms with Crippen LogP contribution in [-0.4, -0.2) is 5.11 Å². The lowest BCUT2D eigenvalue weighted by molar-refractivity contribution is 0.459. The summed E-state index contributed by atoms with van der Waals surface area (Å²) in [4.78, 5) is 0. The maximum absolute atomic E-state index is 10.8. The zero-order chi connectivity index (χ0) is 21.1. The fourth-order valence-corrected chi connectivity index (χ4v) is 4.47. The summed E-state index contributed by atoms with van der Waals surface area (Å²) in [6.45, 7) is 13.3. The lowest BCUT2D eigenvalue weighted by Crippen LogP contribution is -2.09. The number of aromatic hydroxyl groups is 1. The van der Waals surface area contributed by atoms with Crippen molar-refractivity contribution in [2.24, 2.45) is 0 Å². The number of hydrogen-bond acceptors (Lipinski definition) is 1. The monoisotopic (exact) mass is 386 g/mol. The number of rotatable bonds is 6. The van der Waals surface area contributed by atoms with E-state index in [4.69, 9.17) is 0 Å². The van der Waals surface area contributed by atoms with Crippen LogP contribution in [0.3, 0.4) is 0 Å².